The van der Waals surface area contributed by atoms with E-state index >= 15 is 0 Å². The van der Waals surface area contributed by atoms with Crippen molar-refractivity contribution in [2.24, 2.45) is 0 Å². The standard InChI is InChI=1S/C4H4Cl2F4/c1-3(6,7)2(5)4(8,9)10/h2H,1H3/t2-,3+/m0/s1. The normalized spacial score (nSPS) is 21.9. The van der Waals surface area contributed by atoms with E-state index in [9.17, 15) is 17.6 Å². The molecule has 0 fully saturated rings. The highest BCUT2D eigenvalue weighted by Gasteiger charge is 2.50. The van der Waals surface area contributed by atoms with Crippen LogP contribution in [0.4, 0.5) is 17.6 Å². The summed E-state index contributed by atoms with van der Waals surface area (Å²) in [6.45, 7) is 0.555. The summed E-state index contributed by atoms with van der Waals surface area (Å²) in [6, 6.07) is 0. The molecule has 6 heteroatoms. The second-order valence-corrected chi connectivity index (χ2v) is 3.04. The zero-order chi connectivity index (χ0) is 8.58. The van der Waals surface area contributed by atoms with Gasteiger partial charge in [-0.3, -0.25) is 0 Å². The van der Waals surface area contributed by atoms with Crippen molar-refractivity contribution in [3.63, 3.8) is 0 Å². The summed E-state index contributed by atoms with van der Waals surface area (Å²) in [6.07, 6.45) is -4.80. The van der Waals surface area contributed by atoms with Gasteiger partial charge >= 0.3 is 6.18 Å². The Morgan fingerprint density at radius 2 is 1.50 bits per heavy atom. The van der Waals surface area contributed by atoms with Gasteiger partial charge in [0.2, 0.25) is 5.13 Å². The van der Waals surface area contributed by atoms with Crippen molar-refractivity contribution >= 4 is 23.2 Å². The Bertz CT molecular complexity index is 99.4. The van der Waals surface area contributed by atoms with E-state index in [1.807, 2.05) is 0 Å². The van der Waals surface area contributed by atoms with Crippen LogP contribution in [0.15, 0.2) is 0 Å². The molecule has 0 aliphatic carbocycles. The summed E-state index contributed by atoms with van der Waals surface area (Å²) in [5.74, 6) is 0. The quantitative estimate of drug-likeness (QED) is 0.449. The lowest BCUT2D eigenvalue weighted by molar-refractivity contribution is -0.144. The first-order valence-electron chi connectivity index (χ1n) is 2.24. The molecule has 0 radical (unpaired) electrons. The SMILES string of the molecule is C[C@](F)(Cl)[C@H](Cl)C(F)(F)F. The molecule has 62 valence electrons. The van der Waals surface area contributed by atoms with Gasteiger partial charge in [0.25, 0.3) is 0 Å². The maximum Gasteiger partial charge on any atom is 0.409 e. The van der Waals surface area contributed by atoms with Gasteiger partial charge in [0.1, 0.15) is 0 Å². The fourth-order valence-corrected chi connectivity index (χ4v) is 0.411. The minimum absolute atomic E-state index is 0.555. The molecule has 0 N–H and O–H groups in total. The molecule has 0 spiro atoms. The zero-order valence-corrected chi connectivity index (χ0v) is 6.36. The Labute approximate surface area is 65.1 Å². The Hall–Kier alpha value is 0.300. The van der Waals surface area contributed by atoms with Gasteiger partial charge in [0, 0.05) is 0 Å². The van der Waals surface area contributed by atoms with Gasteiger partial charge < -0.3 is 0 Å². The Morgan fingerprint density at radius 3 is 1.50 bits per heavy atom. The first-order chi connectivity index (χ1) is 4.15. The summed E-state index contributed by atoms with van der Waals surface area (Å²) in [5, 5.41) is -5.61. The van der Waals surface area contributed by atoms with E-state index in [0.717, 1.165) is 0 Å². The Kier molecular flexibility index (Phi) is 2.82. The molecule has 0 amide bonds. The van der Waals surface area contributed by atoms with Crippen LogP contribution in [0.1, 0.15) is 6.92 Å². The van der Waals surface area contributed by atoms with Crippen LogP contribution in [0.5, 0.6) is 0 Å². The van der Waals surface area contributed by atoms with Crippen molar-refractivity contribution in [1.82, 2.24) is 0 Å². The lowest BCUT2D eigenvalue weighted by Gasteiger charge is -2.20. The summed E-state index contributed by atoms with van der Waals surface area (Å²) >= 11 is 9.25. The molecule has 0 aromatic heterocycles. The van der Waals surface area contributed by atoms with Crippen LogP contribution in [0, 0.1) is 0 Å². The largest absolute Gasteiger partial charge is 0.409 e. The summed E-state index contributed by atoms with van der Waals surface area (Å²) < 4.78 is 46.7. The highest BCUT2D eigenvalue weighted by atomic mass is 35.5. The van der Waals surface area contributed by atoms with E-state index in [1.165, 1.54) is 0 Å². The lowest BCUT2D eigenvalue weighted by atomic mass is 10.3. The average Bonchev–Trinajstić information content (AvgIpc) is 1.59. The third-order valence-corrected chi connectivity index (χ3v) is 1.72. The average molecular weight is 199 g/mol. The van der Waals surface area contributed by atoms with Crippen LogP contribution >= 0.6 is 23.2 Å². The predicted octanol–water partition coefficient (Wildman–Crippen LogP) is 3.08. The van der Waals surface area contributed by atoms with Gasteiger partial charge in [-0.2, -0.15) is 13.2 Å². The van der Waals surface area contributed by atoms with Crippen molar-refractivity contribution < 1.29 is 17.6 Å². The molecule has 0 aromatic carbocycles. The highest BCUT2D eigenvalue weighted by molar-refractivity contribution is 6.31. The summed E-state index contributed by atoms with van der Waals surface area (Å²) in [7, 11) is 0. The van der Waals surface area contributed by atoms with E-state index in [-0.39, 0.29) is 0 Å². The van der Waals surface area contributed by atoms with E-state index in [1.54, 1.807) is 0 Å². The zero-order valence-electron chi connectivity index (χ0n) is 4.85. The monoisotopic (exact) mass is 198 g/mol. The minimum Gasteiger partial charge on any atom is -0.225 e. The van der Waals surface area contributed by atoms with Crippen molar-refractivity contribution in [1.29, 1.82) is 0 Å². The highest BCUT2D eigenvalue weighted by Crippen LogP contribution is 2.37. The second kappa shape index (κ2) is 2.74. The van der Waals surface area contributed by atoms with Crippen LogP contribution in [0.2, 0.25) is 0 Å². The fourth-order valence-electron chi connectivity index (χ4n) is 0.287. The molecule has 0 bridgehead atoms. The van der Waals surface area contributed by atoms with Crippen molar-refractivity contribution in [2.45, 2.75) is 23.6 Å². The molecular weight excluding hydrogens is 195 g/mol. The van der Waals surface area contributed by atoms with Gasteiger partial charge in [-0.15, -0.1) is 11.6 Å². The smallest absolute Gasteiger partial charge is 0.225 e. The molecule has 0 rings (SSSR count). The molecule has 0 heterocycles. The number of hydrogen-bond donors (Lipinski definition) is 0. The van der Waals surface area contributed by atoms with Crippen LogP contribution in [-0.2, 0) is 0 Å². The summed E-state index contributed by atoms with van der Waals surface area (Å²) in [5.41, 5.74) is 0. The van der Waals surface area contributed by atoms with Gasteiger partial charge in [-0.05, 0) is 6.92 Å². The summed E-state index contributed by atoms with van der Waals surface area (Å²) in [4.78, 5) is 0. The topological polar surface area (TPSA) is 0 Å². The predicted molar refractivity (Wildman–Crippen MR) is 31.1 cm³/mol. The molecule has 10 heavy (non-hydrogen) atoms. The van der Waals surface area contributed by atoms with Crippen LogP contribution in [0.3, 0.4) is 0 Å². The lowest BCUT2D eigenvalue weighted by Crippen LogP contribution is -2.37. The maximum absolute atomic E-state index is 12.2. The second-order valence-electron chi connectivity index (χ2n) is 1.86. The molecule has 0 aromatic rings. The first kappa shape index (κ1) is 10.3. The third-order valence-electron chi connectivity index (χ3n) is 0.732. The number of halogens is 6. The number of hydrogen-bond acceptors (Lipinski definition) is 0. The Balaban J connectivity index is 4.23. The van der Waals surface area contributed by atoms with Crippen molar-refractivity contribution in [3.8, 4) is 0 Å². The van der Waals surface area contributed by atoms with Crippen molar-refractivity contribution in [2.75, 3.05) is 0 Å². The van der Waals surface area contributed by atoms with Gasteiger partial charge in [-0.25, -0.2) is 4.39 Å². The molecule has 0 nitrogen and oxygen atoms in total. The van der Waals surface area contributed by atoms with Gasteiger partial charge in [-0.1, -0.05) is 11.6 Å². The molecule has 0 aliphatic rings. The molecule has 0 unspecified atom stereocenters. The van der Waals surface area contributed by atoms with Crippen LogP contribution in [-0.4, -0.2) is 16.7 Å². The third kappa shape index (κ3) is 2.92. The van der Waals surface area contributed by atoms with E-state index in [2.05, 4.69) is 23.2 Å². The van der Waals surface area contributed by atoms with Crippen molar-refractivity contribution in [3.05, 3.63) is 0 Å². The van der Waals surface area contributed by atoms with Gasteiger partial charge in [0.05, 0.1) is 0 Å². The van der Waals surface area contributed by atoms with Gasteiger partial charge in [0.15, 0.2) is 5.38 Å². The maximum atomic E-state index is 12.2. The molecular formula is C4H4Cl2F4. The number of rotatable bonds is 1. The minimum atomic E-state index is -4.80. The van der Waals surface area contributed by atoms with E-state index in [0.29, 0.717) is 6.92 Å². The molecule has 0 saturated carbocycles. The molecule has 2 atom stereocenters. The Morgan fingerprint density at radius 1 is 1.20 bits per heavy atom. The molecule has 0 saturated heterocycles. The molecule has 0 aliphatic heterocycles. The number of alkyl halides is 6. The van der Waals surface area contributed by atoms with Crippen LogP contribution < -0.4 is 0 Å². The fraction of sp³-hybridized carbons (Fsp3) is 1.00. The first-order valence-corrected chi connectivity index (χ1v) is 3.05. The van der Waals surface area contributed by atoms with E-state index in [4.69, 9.17) is 0 Å². The van der Waals surface area contributed by atoms with E-state index < -0.39 is 16.7 Å². The van der Waals surface area contributed by atoms with Crippen LogP contribution in [0.25, 0.3) is 0 Å².